The summed E-state index contributed by atoms with van der Waals surface area (Å²) in [6.45, 7) is 3.59. The van der Waals surface area contributed by atoms with Crippen molar-refractivity contribution >= 4 is 0 Å². The molecule has 0 fully saturated rings. The van der Waals surface area contributed by atoms with Crippen LogP contribution in [0.15, 0.2) is 0 Å². The molecule has 0 aliphatic heterocycles. The minimum atomic E-state index is 0.794. The molecule has 0 aliphatic rings. The van der Waals surface area contributed by atoms with E-state index in [0.29, 0.717) is 0 Å². The molecule has 10 heavy (non-hydrogen) atoms. The first-order valence-corrected chi connectivity index (χ1v) is 3.81. The van der Waals surface area contributed by atoms with Gasteiger partial charge in [0.1, 0.15) is 0 Å². The zero-order chi connectivity index (χ0) is 7.66. The Morgan fingerprint density at radius 2 is 2.10 bits per heavy atom. The van der Waals surface area contributed by atoms with E-state index < -0.39 is 0 Å². The summed E-state index contributed by atoms with van der Waals surface area (Å²) < 4.78 is 4.86. The van der Waals surface area contributed by atoms with Crippen LogP contribution < -0.4 is 11.1 Å². The molecular weight excluding hydrogens is 128 g/mol. The van der Waals surface area contributed by atoms with Gasteiger partial charge in [-0.05, 0) is 25.9 Å². The lowest BCUT2D eigenvalue weighted by molar-refractivity contribution is 0.199. The number of methoxy groups -OCH3 is 1. The first-order valence-electron chi connectivity index (χ1n) is 3.81. The zero-order valence-electron chi connectivity index (χ0n) is 6.73. The molecule has 62 valence electrons. The van der Waals surface area contributed by atoms with Crippen molar-refractivity contribution in [1.82, 2.24) is 5.32 Å². The predicted octanol–water partition coefficient (Wildman–Crippen LogP) is -0.0387. The summed E-state index contributed by atoms with van der Waals surface area (Å²) in [4.78, 5) is 0. The van der Waals surface area contributed by atoms with Crippen LogP contribution in [0.4, 0.5) is 0 Å². The molecule has 3 heteroatoms. The molecule has 0 spiro atoms. The molecular formula is C7H18N2O. The standard InChI is InChI=1S/C7H18N2O/c1-10-7-6-9-5-3-2-4-8/h9H,2-8H2,1H3. The number of ether oxygens (including phenoxy) is 1. The van der Waals surface area contributed by atoms with Gasteiger partial charge < -0.3 is 15.8 Å². The summed E-state index contributed by atoms with van der Waals surface area (Å²) in [7, 11) is 1.71. The van der Waals surface area contributed by atoms with Gasteiger partial charge >= 0.3 is 0 Å². The van der Waals surface area contributed by atoms with E-state index in [0.717, 1.165) is 32.7 Å². The van der Waals surface area contributed by atoms with Crippen LogP contribution in [0.25, 0.3) is 0 Å². The van der Waals surface area contributed by atoms with Gasteiger partial charge in [0.15, 0.2) is 0 Å². The first kappa shape index (κ1) is 9.88. The molecule has 0 aromatic carbocycles. The molecule has 0 radical (unpaired) electrons. The summed E-state index contributed by atoms with van der Waals surface area (Å²) in [5, 5.41) is 3.24. The fourth-order valence-corrected chi connectivity index (χ4v) is 0.694. The van der Waals surface area contributed by atoms with E-state index in [2.05, 4.69) is 5.32 Å². The first-order chi connectivity index (χ1) is 4.91. The Bertz CT molecular complexity index is 51.6. The molecule has 0 aromatic heterocycles. The van der Waals surface area contributed by atoms with Crippen molar-refractivity contribution in [2.75, 3.05) is 33.4 Å². The number of nitrogens with one attached hydrogen (secondary N) is 1. The van der Waals surface area contributed by atoms with Gasteiger partial charge in [0.25, 0.3) is 0 Å². The maximum absolute atomic E-state index is 5.32. The van der Waals surface area contributed by atoms with Crippen molar-refractivity contribution in [2.45, 2.75) is 12.8 Å². The van der Waals surface area contributed by atoms with E-state index >= 15 is 0 Å². The summed E-state index contributed by atoms with van der Waals surface area (Å²) in [5.41, 5.74) is 5.32. The van der Waals surface area contributed by atoms with Crippen LogP contribution in [-0.2, 0) is 4.74 Å². The van der Waals surface area contributed by atoms with Crippen molar-refractivity contribution in [3.05, 3.63) is 0 Å². The van der Waals surface area contributed by atoms with E-state index in [-0.39, 0.29) is 0 Å². The van der Waals surface area contributed by atoms with Crippen molar-refractivity contribution in [2.24, 2.45) is 5.73 Å². The molecule has 0 saturated heterocycles. The van der Waals surface area contributed by atoms with Crippen molar-refractivity contribution < 1.29 is 4.74 Å². The highest BCUT2D eigenvalue weighted by molar-refractivity contribution is 4.47. The maximum atomic E-state index is 5.32. The van der Waals surface area contributed by atoms with Crippen LogP contribution in [0.3, 0.4) is 0 Å². The highest BCUT2D eigenvalue weighted by Crippen LogP contribution is 1.81. The molecule has 0 rings (SSSR count). The monoisotopic (exact) mass is 146 g/mol. The van der Waals surface area contributed by atoms with Crippen molar-refractivity contribution in [3.8, 4) is 0 Å². The van der Waals surface area contributed by atoms with Crippen LogP contribution in [0.2, 0.25) is 0 Å². The summed E-state index contributed by atoms with van der Waals surface area (Å²) >= 11 is 0. The topological polar surface area (TPSA) is 47.3 Å². The van der Waals surface area contributed by atoms with E-state index in [4.69, 9.17) is 10.5 Å². The van der Waals surface area contributed by atoms with Gasteiger partial charge in [0.2, 0.25) is 0 Å². The minimum absolute atomic E-state index is 0.794. The van der Waals surface area contributed by atoms with Crippen molar-refractivity contribution in [3.63, 3.8) is 0 Å². The molecule has 3 nitrogen and oxygen atoms in total. The number of unbranched alkanes of at least 4 members (excludes halogenated alkanes) is 1. The molecule has 0 aliphatic carbocycles. The van der Waals surface area contributed by atoms with Crippen LogP contribution in [0, 0.1) is 0 Å². The Kier molecular flexibility index (Phi) is 8.77. The third-order valence-electron chi connectivity index (χ3n) is 1.29. The SMILES string of the molecule is COCCNCCCCN. The van der Waals surface area contributed by atoms with Crippen LogP contribution >= 0.6 is 0 Å². The van der Waals surface area contributed by atoms with Gasteiger partial charge in [0.05, 0.1) is 6.61 Å². The Hall–Kier alpha value is -0.120. The van der Waals surface area contributed by atoms with E-state index in [1.165, 1.54) is 6.42 Å². The Balaban J connectivity index is 2.65. The molecule has 0 aromatic rings. The molecule has 0 heterocycles. The quantitative estimate of drug-likeness (QED) is 0.495. The second-order valence-corrected chi connectivity index (χ2v) is 2.24. The normalized spacial score (nSPS) is 10.2. The summed E-state index contributed by atoms with van der Waals surface area (Å²) in [6.07, 6.45) is 2.28. The average molecular weight is 146 g/mol. The lowest BCUT2D eigenvalue weighted by Gasteiger charge is -2.01. The van der Waals surface area contributed by atoms with Crippen molar-refractivity contribution in [1.29, 1.82) is 0 Å². The highest BCUT2D eigenvalue weighted by Gasteiger charge is 1.85. The van der Waals surface area contributed by atoms with Crippen LogP contribution in [-0.4, -0.2) is 33.4 Å². The fraction of sp³-hybridized carbons (Fsp3) is 1.00. The zero-order valence-corrected chi connectivity index (χ0v) is 6.73. The fourth-order valence-electron chi connectivity index (χ4n) is 0.694. The third-order valence-corrected chi connectivity index (χ3v) is 1.29. The van der Waals surface area contributed by atoms with Gasteiger partial charge in [-0.3, -0.25) is 0 Å². The Morgan fingerprint density at radius 3 is 2.70 bits per heavy atom. The van der Waals surface area contributed by atoms with Gasteiger partial charge in [-0.2, -0.15) is 0 Å². The third kappa shape index (κ3) is 7.88. The molecule has 0 unspecified atom stereocenters. The van der Waals surface area contributed by atoms with Gasteiger partial charge in [0, 0.05) is 13.7 Å². The second-order valence-electron chi connectivity index (χ2n) is 2.24. The minimum Gasteiger partial charge on any atom is -0.383 e. The second kappa shape index (κ2) is 8.88. The lowest BCUT2D eigenvalue weighted by atomic mass is 10.3. The molecule has 0 amide bonds. The van der Waals surface area contributed by atoms with Gasteiger partial charge in [-0.1, -0.05) is 0 Å². The number of rotatable bonds is 7. The van der Waals surface area contributed by atoms with E-state index in [9.17, 15) is 0 Å². The number of nitrogens with two attached hydrogens (primary N) is 1. The molecule has 3 N–H and O–H groups in total. The summed E-state index contributed by atoms with van der Waals surface area (Å²) in [6, 6.07) is 0. The average Bonchev–Trinajstić information content (AvgIpc) is 1.97. The molecule has 0 atom stereocenters. The summed E-state index contributed by atoms with van der Waals surface area (Å²) in [5.74, 6) is 0. The van der Waals surface area contributed by atoms with E-state index in [1.807, 2.05) is 0 Å². The van der Waals surface area contributed by atoms with Gasteiger partial charge in [-0.15, -0.1) is 0 Å². The maximum Gasteiger partial charge on any atom is 0.0587 e. The van der Waals surface area contributed by atoms with Gasteiger partial charge in [-0.25, -0.2) is 0 Å². The smallest absolute Gasteiger partial charge is 0.0587 e. The predicted molar refractivity (Wildman–Crippen MR) is 43.0 cm³/mol. The molecule has 0 bridgehead atoms. The van der Waals surface area contributed by atoms with Crippen LogP contribution in [0.1, 0.15) is 12.8 Å². The molecule has 0 saturated carbocycles. The number of hydrogen-bond donors (Lipinski definition) is 2. The van der Waals surface area contributed by atoms with E-state index in [1.54, 1.807) is 7.11 Å². The highest BCUT2D eigenvalue weighted by atomic mass is 16.5. The Morgan fingerprint density at radius 1 is 1.30 bits per heavy atom. The van der Waals surface area contributed by atoms with Crippen LogP contribution in [0.5, 0.6) is 0 Å². The lowest BCUT2D eigenvalue weighted by Crippen LogP contribution is -2.20. The largest absolute Gasteiger partial charge is 0.383 e. The Labute approximate surface area is 62.9 Å². The number of hydrogen-bond acceptors (Lipinski definition) is 3.